The molecule has 1 aromatic carbocycles. The standard InChI is InChI=1S/C50H83FN6O13/c1-14-39-50(10,64)42(59)32(6)56(12)26-28(2)24-48(8,63)44(30(4)40(31(5)45(61)69-39)38-25-49(9,65-13)43(60)33(7)68-38)70-46-41(58)37(23-29(3)67-46)55(11)20-19-34-27-57(54-53-34)21-22-66-47(62)52-36-18-16-15-17-35(36)51/h15-18,27-33,37-44,46,58-60,63-64H,14,19-26H2,1-13H3,(H,52,62)/t28-,29-,30+,31-,32-,33+,37+,38?,39-,40+,41-,42-,43+,44-,46+,48-,49-,50-/m1/s1. The summed E-state index contributed by atoms with van der Waals surface area (Å²) in [5.74, 6) is -3.82. The highest BCUT2D eigenvalue weighted by Gasteiger charge is 2.55. The fourth-order valence-electron chi connectivity index (χ4n) is 11.2. The van der Waals surface area contributed by atoms with Gasteiger partial charge in [0, 0.05) is 57.2 Å². The molecule has 3 aliphatic rings. The van der Waals surface area contributed by atoms with Gasteiger partial charge in [-0.2, -0.15) is 0 Å². The van der Waals surface area contributed by atoms with Crippen molar-refractivity contribution in [2.24, 2.45) is 23.7 Å². The lowest BCUT2D eigenvalue weighted by Gasteiger charge is -2.51. The summed E-state index contributed by atoms with van der Waals surface area (Å²) in [4.78, 5) is 30.7. The lowest BCUT2D eigenvalue weighted by Crippen LogP contribution is -2.62. The van der Waals surface area contributed by atoms with Gasteiger partial charge in [0.15, 0.2) is 6.29 Å². The van der Waals surface area contributed by atoms with Gasteiger partial charge in [0.2, 0.25) is 0 Å². The van der Waals surface area contributed by atoms with Gasteiger partial charge in [-0.1, -0.05) is 45.0 Å². The van der Waals surface area contributed by atoms with Crippen molar-refractivity contribution in [1.29, 1.82) is 0 Å². The quantitative estimate of drug-likeness (QED) is 0.157. The number of aromatic nitrogens is 3. The lowest BCUT2D eigenvalue weighted by atomic mass is 9.68. The van der Waals surface area contributed by atoms with E-state index in [1.54, 1.807) is 58.5 Å². The van der Waals surface area contributed by atoms with E-state index in [0.717, 1.165) is 0 Å². The van der Waals surface area contributed by atoms with E-state index in [1.807, 2.05) is 44.7 Å². The molecule has 0 aliphatic carbocycles. The van der Waals surface area contributed by atoms with Crippen molar-refractivity contribution in [3.63, 3.8) is 0 Å². The van der Waals surface area contributed by atoms with Crippen molar-refractivity contribution in [3.8, 4) is 0 Å². The third-order valence-electron chi connectivity index (χ3n) is 15.4. The third-order valence-corrected chi connectivity index (χ3v) is 15.4. The zero-order valence-electron chi connectivity index (χ0n) is 43.5. The number of cyclic esters (lactones) is 1. The van der Waals surface area contributed by atoms with Gasteiger partial charge >= 0.3 is 12.1 Å². The highest BCUT2D eigenvalue weighted by molar-refractivity contribution is 5.84. The molecular weight excluding hydrogens is 912 g/mol. The number of rotatable bonds is 13. The van der Waals surface area contributed by atoms with Gasteiger partial charge in [-0.25, -0.2) is 13.9 Å². The van der Waals surface area contributed by atoms with Crippen molar-refractivity contribution in [2.75, 3.05) is 46.2 Å². The molecule has 1 unspecified atom stereocenters. The van der Waals surface area contributed by atoms with Gasteiger partial charge in [0.1, 0.15) is 42.4 Å². The molecular formula is C50H83FN6O13. The first-order valence-electron chi connectivity index (χ1n) is 24.9. The number of carbonyl (C=O) groups is 2. The van der Waals surface area contributed by atoms with Crippen LogP contribution in [-0.4, -0.2) is 187 Å². The average molecular weight is 995 g/mol. The summed E-state index contributed by atoms with van der Waals surface area (Å²) >= 11 is 0. The summed E-state index contributed by atoms with van der Waals surface area (Å²) in [6.07, 6.45) is -6.27. The number of carbonyl (C=O) groups excluding carboxylic acids is 2. The minimum absolute atomic E-state index is 0.0110. The number of hydrogen-bond donors (Lipinski definition) is 6. The van der Waals surface area contributed by atoms with Gasteiger partial charge in [-0.15, -0.1) is 5.10 Å². The molecule has 6 N–H and O–H groups in total. The molecule has 0 bridgehead atoms. The first-order chi connectivity index (χ1) is 32.7. The van der Waals surface area contributed by atoms with Crippen LogP contribution in [0.3, 0.4) is 0 Å². The molecule has 18 atom stereocenters. The van der Waals surface area contributed by atoms with E-state index < -0.39 is 114 Å². The number of esters is 1. The lowest BCUT2D eigenvalue weighted by molar-refractivity contribution is -0.302. The molecule has 5 rings (SSSR count). The molecule has 1 amide bonds. The first-order valence-corrected chi connectivity index (χ1v) is 24.9. The van der Waals surface area contributed by atoms with E-state index in [9.17, 15) is 39.5 Å². The van der Waals surface area contributed by atoms with Crippen LogP contribution in [0.25, 0.3) is 0 Å². The molecule has 0 spiro atoms. The maximum absolute atomic E-state index is 14.6. The second kappa shape index (κ2) is 24.1. The second-order valence-corrected chi connectivity index (χ2v) is 21.2. The number of nitrogens with zero attached hydrogens (tertiary/aromatic N) is 5. The molecule has 70 heavy (non-hydrogen) atoms. The minimum atomic E-state index is -1.83. The molecule has 0 radical (unpaired) electrons. The third kappa shape index (κ3) is 13.6. The highest BCUT2D eigenvalue weighted by Crippen LogP contribution is 2.45. The van der Waals surface area contributed by atoms with Crippen LogP contribution in [0.2, 0.25) is 0 Å². The summed E-state index contributed by atoms with van der Waals surface area (Å²) in [7, 11) is 5.24. The van der Waals surface area contributed by atoms with E-state index in [-0.39, 0.29) is 50.1 Å². The van der Waals surface area contributed by atoms with Gasteiger partial charge in [0.25, 0.3) is 0 Å². The second-order valence-electron chi connectivity index (χ2n) is 21.2. The summed E-state index contributed by atoms with van der Waals surface area (Å²) < 4.78 is 52.7. The van der Waals surface area contributed by atoms with Crippen molar-refractivity contribution in [3.05, 3.63) is 42.0 Å². The SMILES string of the molecule is CC[C@H]1OC(=O)[C@H](C)[C@@H](C2C[C@@](C)(OC)[C@@H](O)[C@H](C)O2)[C@H](C)[C@@H](O[C@@H]2O[C@H](C)C[C@H](N(C)CCc3cn(CCOC(=O)Nc4ccccc4F)nn3)[C@H]2O)[C@](C)(O)C[C@@H](C)CN(C)[C@H](C)[C@@H](O)[C@]1(C)O. The molecule has 2 aromatic rings. The molecule has 3 fully saturated rings. The van der Waals surface area contributed by atoms with Crippen LogP contribution in [0.1, 0.15) is 101 Å². The van der Waals surface area contributed by atoms with Crippen LogP contribution < -0.4 is 5.32 Å². The monoisotopic (exact) mass is 995 g/mol. The van der Waals surface area contributed by atoms with E-state index >= 15 is 0 Å². The largest absolute Gasteiger partial charge is 0.459 e. The van der Waals surface area contributed by atoms with Crippen molar-refractivity contribution < 1.29 is 67.9 Å². The normalized spacial score (nSPS) is 39.7. The van der Waals surface area contributed by atoms with Crippen LogP contribution in [0.4, 0.5) is 14.9 Å². The van der Waals surface area contributed by atoms with Crippen molar-refractivity contribution >= 4 is 17.7 Å². The Kier molecular flexibility index (Phi) is 19.8. The Hall–Kier alpha value is -3.41. The van der Waals surface area contributed by atoms with Gasteiger partial charge in [-0.05, 0) is 98.9 Å². The molecule has 3 saturated heterocycles. The number of halogens is 1. The van der Waals surface area contributed by atoms with Gasteiger partial charge < -0.3 is 63.8 Å². The maximum Gasteiger partial charge on any atom is 0.411 e. The molecule has 0 saturated carbocycles. The minimum Gasteiger partial charge on any atom is -0.459 e. The summed E-state index contributed by atoms with van der Waals surface area (Å²) in [6, 6.07) is 4.75. The number of aliphatic hydroxyl groups excluding tert-OH is 3. The number of amides is 1. The van der Waals surface area contributed by atoms with E-state index in [2.05, 4.69) is 15.6 Å². The number of aliphatic hydroxyl groups is 5. The Morgan fingerprint density at radius 2 is 1.71 bits per heavy atom. The summed E-state index contributed by atoms with van der Waals surface area (Å²) in [5.41, 5.74) is -3.84. The molecule has 3 aliphatic heterocycles. The number of benzene rings is 1. The zero-order valence-corrected chi connectivity index (χ0v) is 43.5. The number of likely N-dealkylation sites (N-methyl/N-ethyl adjacent to an activating group) is 2. The van der Waals surface area contributed by atoms with Gasteiger partial charge in [0.05, 0.1) is 59.5 Å². The number of nitrogens with one attached hydrogen (secondary N) is 1. The van der Waals surface area contributed by atoms with Crippen molar-refractivity contribution in [1.82, 2.24) is 24.8 Å². The van der Waals surface area contributed by atoms with E-state index in [0.29, 0.717) is 31.6 Å². The average Bonchev–Trinajstić information content (AvgIpc) is 3.75. The Balaban J connectivity index is 1.39. The predicted octanol–water partition coefficient (Wildman–Crippen LogP) is 3.77. The van der Waals surface area contributed by atoms with Crippen LogP contribution in [0.15, 0.2) is 30.5 Å². The number of methoxy groups -OCH3 is 1. The number of ether oxygens (including phenoxy) is 6. The number of anilines is 1. The topological polar surface area (TPSA) is 240 Å². The van der Waals surface area contributed by atoms with Gasteiger partial charge in [-0.3, -0.25) is 10.1 Å². The Labute approximate surface area is 413 Å². The smallest absolute Gasteiger partial charge is 0.411 e. The maximum atomic E-state index is 14.6. The Bertz CT molecular complexity index is 2000. The zero-order chi connectivity index (χ0) is 52.0. The fraction of sp³-hybridized carbons (Fsp3) is 0.800. The predicted molar refractivity (Wildman–Crippen MR) is 257 cm³/mol. The summed E-state index contributed by atoms with van der Waals surface area (Å²) in [5, 5.41) is 70.7. The van der Waals surface area contributed by atoms with Crippen LogP contribution >= 0.6 is 0 Å². The van der Waals surface area contributed by atoms with E-state index in [4.69, 9.17) is 28.4 Å². The molecule has 20 heteroatoms. The fourth-order valence-corrected chi connectivity index (χ4v) is 11.2. The van der Waals surface area contributed by atoms with Crippen LogP contribution in [0, 0.1) is 29.5 Å². The molecule has 19 nitrogen and oxygen atoms in total. The molecule has 398 valence electrons. The first kappa shape index (κ1) is 57.5. The Morgan fingerprint density at radius 3 is 2.37 bits per heavy atom. The summed E-state index contributed by atoms with van der Waals surface area (Å²) in [6.45, 7) is 18.8. The number of hydrogen-bond acceptors (Lipinski definition) is 17. The van der Waals surface area contributed by atoms with Crippen molar-refractivity contribution in [2.45, 2.75) is 192 Å². The van der Waals surface area contributed by atoms with E-state index in [1.165, 1.54) is 32.2 Å². The van der Waals surface area contributed by atoms with Crippen LogP contribution in [0.5, 0.6) is 0 Å². The van der Waals surface area contributed by atoms with Crippen LogP contribution in [-0.2, 0) is 46.2 Å². The highest BCUT2D eigenvalue weighted by atomic mass is 19.1. The molecule has 4 heterocycles. The molecule has 1 aromatic heterocycles. The number of para-hydroxylation sites is 1. The Morgan fingerprint density at radius 1 is 1.03 bits per heavy atom.